The van der Waals surface area contributed by atoms with Crippen LogP contribution in [0.2, 0.25) is 0 Å². The lowest BCUT2D eigenvalue weighted by Crippen LogP contribution is -2.22. The van der Waals surface area contributed by atoms with Gasteiger partial charge in [-0.3, -0.25) is 10.1 Å². The lowest BCUT2D eigenvalue weighted by Gasteiger charge is -2.14. The maximum atomic E-state index is 12.6. The summed E-state index contributed by atoms with van der Waals surface area (Å²) in [6.45, 7) is 2.47. The smallest absolute Gasteiger partial charge is 0.325 e. The molecule has 1 unspecified atom stereocenters. The van der Waals surface area contributed by atoms with Gasteiger partial charge in [-0.05, 0) is 48.9 Å². The van der Waals surface area contributed by atoms with Crippen LogP contribution in [0.1, 0.15) is 24.9 Å². The minimum atomic E-state index is -0.559. The van der Waals surface area contributed by atoms with Crippen molar-refractivity contribution in [3.63, 3.8) is 0 Å². The van der Waals surface area contributed by atoms with Crippen LogP contribution in [0.25, 0.3) is 11.3 Å². The third-order valence-corrected chi connectivity index (χ3v) is 5.34. The zero-order valence-electron chi connectivity index (χ0n) is 20.3. The molecule has 3 aromatic carbocycles. The van der Waals surface area contributed by atoms with Crippen molar-refractivity contribution in [3.8, 4) is 22.8 Å². The van der Waals surface area contributed by atoms with Crippen molar-refractivity contribution >= 4 is 23.5 Å². The number of anilines is 2. The van der Waals surface area contributed by atoms with Crippen LogP contribution in [-0.4, -0.2) is 28.8 Å². The van der Waals surface area contributed by atoms with E-state index >= 15 is 0 Å². The highest BCUT2D eigenvalue weighted by atomic mass is 16.5. The Morgan fingerprint density at radius 1 is 0.865 bits per heavy atom. The summed E-state index contributed by atoms with van der Waals surface area (Å²) in [5.41, 5.74) is 8.90. The van der Waals surface area contributed by atoms with E-state index in [1.54, 1.807) is 48.5 Å². The minimum absolute atomic E-state index is 0.0438. The van der Waals surface area contributed by atoms with E-state index in [0.29, 0.717) is 18.0 Å². The number of esters is 1. The standard InChI is InChI=1S/C28H27N5O4/c1-2-36-21-14-12-19(13-15-21)22(29)18-27(34)37-25-11-7-6-10-24(25)30-28(35)31-26-17-16-23(32-33-26)20-8-4-3-5-9-20/h3-17,22H,2,18,29H2,1H3,(H2,30,31,33,35). The van der Waals surface area contributed by atoms with Gasteiger partial charge in [0.05, 0.1) is 24.4 Å². The molecule has 0 aliphatic rings. The van der Waals surface area contributed by atoms with E-state index in [1.165, 1.54) is 0 Å². The van der Waals surface area contributed by atoms with Gasteiger partial charge in [0.15, 0.2) is 11.6 Å². The van der Waals surface area contributed by atoms with Crippen molar-refractivity contribution in [2.24, 2.45) is 5.73 Å². The van der Waals surface area contributed by atoms with Gasteiger partial charge in [-0.2, -0.15) is 0 Å². The molecule has 4 rings (SSSR count). The van der Waals surface area contributed by atoms with Crippen molar-refractivity contribution in [1.29, 1.82) is 0 Å². The zero-order valence-corrected chi connectivity index (χ0v) is 20.3. The van der Waals surface area contributed by atoms with Crippen molar-refractivity contribution in [2.75, 3.05) is 17.2 Å². The number of carbonyl (C=O) groups excluding carboxylic acids is 2. The molecule has 4 aromatic rings. The van der Waals surface area contributed by atoms with Crippen LogP contribution in [-0.2, 0) is 4.79 Å². The van der Waals surface area contributed by atoms with Crippen LogP contribution in [0, 0.1) is 0 Å². The summed E-state index contributed by atoms with van der Waals surface area (Å²) < 4.78 is 10.9. The van der Waals surface area contributed by atoms with Crippen molar-refractivity contribution in [3.05, 3.63) is 96.6 Å². The number of aromatic nitrogens is 2. The molecule has 1 heterocycles. The fraction of sp³-hybridized carbons (Fsp3) is 0.143. The van der Waals surface area contributed by atoms with Crippen molar-refractivity contribution in [1.82, 2.24) is 10.2 Å². The van der Waals surface area contributed by atoms with Crippen LogP contribution in [0.15, 0.2) is 91.0 Å². The van der Waals surface area contributed by atoms with Crippen LogP contribution in [0.5, 0.6) is 11.5 Å². The van der Waals surface area contributed by atoms with E-state index in [4.69, 9.17) is 15.2 Å². The van der Waals surface area contributed by atoms with Crippen LogP contribution in [0.3, 0.4) is 0 Å². The van der Waals surface area contributed by atoms with Gasteiger partial charge in [-0.15, -0.1) is 10.2 Å². The van der Waals surface area contributed by atoms with Gasteiger partial charge in [0, 0.05) is 11.6 Å². The molecule has 0 bridgehead atoms. The normalized spacial score (nSPS) is 11.3. The number of hydrogen-bond donors (Lipinski definition) is 3. The summed E-state index contributed by atoms with van der Waals surface area (Å²) >= 11 is 0. The Morgan fingerprint density at radius 3 is 2.30 bits per heavy atom. The fourth-order valence-corrected chi connectivity index (χ4v) is 3.53. The monoisotopic (exact) mass is 497 g/mol. The van der Waals surface area contributed by atoms with Crippen molar-refractivity contribution < 1.29 is 19.1 Å². The van der Waals surface area contributed by atoms with E-state index in [9.17, 15) is 9.59 Å². The van der Waals surface area contributed by atoms with E-state index in [1.807, 2.05) is 49.4 Å². The van der Waals surface area contributed by atoms with E-state index < -0.39 is 18.0 Å². The highest BCUT2D eigenvalue weighted by Gasteiger charge is 2.16. The number of rotatable bonds is 9. The molecule has 9 nitrogen and oxygen atoms in total. The number of hydrogen-bond acceptors (Lipinski definition) is 7. The van der Waals surface area contributed by atoms with Gasteiger partial charge in [0.1, 0.15) is 5.75 Å². The highest BCUT2D eigenvalue weighted by molar-refractivity contribution is 6.00. The van der Waals surface area contributed by atoms with E-state index in [2.05, 4.69) is 20.8 Å². The van der Waals surface area contributed by atoms with Gasteiger partial charge in [0.25, 0.3) is 0 Å². The molecule has 0 aliphatic carbocycles. The third-order valence-electron chi connectivity index (χ3n) is 5.34. The maximum absolute atomic E-state index is 12.6. The first-order valence-electron chi connectivity index (χ1n) is 11.8. The van der Waals surface area contributed by atoms with Crippen molar-refractivity contribution in [2.45, 2.75) is 19.4 Å². The Hall–Kier alpha value is -4.76. The number of benzene rings is 3. The molecule has 2 amide bonds. The summed E-state index contributed by atoms with van der Waals surface area (Å²) in [6.07, 6.45) is -0.0438. The van der Waals surface area contributed by atoms with Gasteiger partial charge in [-0.25, -0.2) is 4.79 Å². The summed E-state index contributed by atoms with van der Waals surface area (Å²) in [4.78, 5) is 25.1. The van der Waals surface area contributed by atoms with Crippen LogP contribution >= 0.6 is 0 Å². The molecular weight excluding hydrogens is 470 g/mol. The number of nitrogens with two attached hydrogens (primary N) is 1. The molecule has 4 N–H and O–H groups in total. The molecule has 0 saturated heterocycles. The number of carbonyl (C=O) groups is 2. The first-order valence-corrected chi connectivity index (χ1v) is 11.8. The summed E-state index contributed by atoms with van der Waals surface area (Å²) in [7, 11) is 0. The highest BCUT2D eigenvalue weighted by Crippen LogP contribution is 2.26. The molecule has 0 spiro atoms. The number of nitrogens with one attached hydrogen (secondary N) is 2. The van der Waals surface area contributed by atoms with Gasteiger partial charge in [-0.1, -0.05) is 54.6 Å². The maximum Gasteiger partial charge on any atom is 0.325 e. The van der Waals surface area contributed by atoms with Crippen LogP contribution in [0.4, 0.5) is 16.3 Å². The average Bonchev–Trinajstić information content (AvgIpc) is 2.91. The lowest BCUT2D eigenvalue weighted by molar-refractivity contribution is -0.134. The largest absolute Gasteiger partial charge is 0.494 e. The molecule has 0 aliphatic heterocycles. The second-order valence-electron chi connectivity index (χ2n) is 8.03. The second-order valence-corrected chi connectivity index (χ2v) is 8.03. The molecule has 188 valence electrons. The molecular formula is C28H27N5O4. The predicted octanol–water partition coefficient (Wildman–Crippen LogP) is 5.18. The number of para-hydroxylation sites is 2. The summed E-state index contributed by atoms with van der Waals surface area (Å²) in [6, 6.07) is 25.8. The molecule has 1 atom stereocenters. The Labute approximate surface area is 214 Å². The summed E-state index contributed by atoms with van der Waals surface area (Å²) in [5, 5.41) is 13.5. The fourth-order valence-electron chi connectivity index (χ4n) is 3.53. The quantitative estimate of drug-likeness (QED) is 0.215. The first kappa shape index (κ1) is 25.3. The predicted molar refractivity (Wildman–Crippen MR) is 141 cm³/mol. The van der Waals surface area contributed by atoms with Gasteiger partial charge < -0.3 is 20.5 Å². The number of ether oxygens (including phenoxy) is 2. The third kappa shape index (κ3) is 7.12. The van der Waals surface area contributed by atoms with E-state index in [-0.39, 0.29) is 18.0 Å². The zero-order chi connectivity index (χ0) is 26.0. The molecule has 37 heavy (non-hydrogen) atoms. The summed E-state index contributed by atoms with van der Waals surface area (Å²) in [5.74, 6) is 0.677. The Balaban J connectivity index is 1.34. The number of nitrogens with zero attached hydrogens (tertiary/aromatic N) is 2. The lowest BCUT2D eigenvalue weighted by atomic mass is 10.0. The average molecular weight is 498 g/mol. The minimum Gasteiger partial charge on any atom is -0.494 e. The van der Waals surface area contributed by atoms with Gasteiger partial charge >= 0.3 is 12.0 Å². The SMILES string of the molecule is CCOc1ccc(C(N)CC(=O)Oc2ccccc2NC(=O)Nc2ccc(-c3ccccc3)nn2)cc1. The first-order chi connectivity index (χ1) is 18.0. The Morgan fingerprint density at radius 2 is 1.59 bits per heavy atom. The molecule has 9 heteroatoms. The van der Waals surface area contributed by atoms with Gasteiger partial charge in [0.2, 0.25) is 0 Å². The van der Waals surface area contributed by atoms with Crippen LogP contribution < -0.4 is 25.8 Å². The number of amides is 2. The molecule has 0 saturated carbocycles. The molecule has 0 radical (unpaired) electrons. The second kappa shape index (κ2) is 12.3. The Kier molecular flexibility index (Phi) is 8.41. The van der Waals surface area contributed by atoms with E-state index in [0.717, 1.165) is 16.9 Å². The Bertz CT molecular complexity index is 1330. The number of urea groups is 1. The topological polar surface area (TPSA) is 128 Å². The molecule has 1 aromatic heterocycles. The molecule has 0 fully saturated rings.